The monoisotopic (exact) mass is 375 g/mol. The number of anilines is 1. The number of benzene rings is 1. The smallest absolute Gasteiger partial charge is 0.322 e. The second kappa shape index (κ2) is 8.23. The molecule has 1 aromatic heterocycles. The van der Waals surface area contributed by atoms with Crippen molar-refractivity contribution in [3.63, 3.8) is 0 Å². The summed E-state index contributed by atoms with van der Waals surface area (Å²) < 4.78 is 1.49. The molecule has 3 amide bonds. The molecule has 26 heavy (non-hydrogen) atoms. The van der Waals surface area contributed by atoms with E-state index in [2.05, 4.69) is 15.7 Å². The quantitative estimate of drug-likeness (QED) is 0.842. The third-order valence-corrected chi connectivity index (χ3v) is 4.89. The first-order valence-corrected chi connectivity index (χ1v) is 8.98. The first-order valence-electron chi connectivity index (χ1n) is 8.61. The van der Waals surface area contributed by atoms with Gasteiger partial charge in [0.2, 0.25) is 5.91 Å². The van der Waals surface area contributed by atoms with Crippen LogP contribution in [-0.4, -0.2) is 46.3 Å². The van der Waals surface area contributed by atoms with Crippen LogP contribution in [0.25, 0.3) is 0 Å². The first kappa shape index (κ1) is 18.3. The number of halogens is 1. The summed E-state index contributed by atoms with van der Waals surface area (Å²) in [6.45, 7) is 0.832. The van der Waals surface area contributed by atoms with Gasteiger partial charge >= 0.3 is 6.03 Å². The van der Waals surface area contributed by atoms with E-state index < -0.39 is 0 Å². The normalized spacial score (nSPS) is 16.5. The Balaban J connectivity index is 1.61. The maximum atomic E-state index is 12.7. The van der Waals surface area contributed by atoms with Crippen LogP contribution in [0.1, 0.15) is 18.4 Å². The minimum absolute atomic E-state index is 0.116. The van der Waals surface area contributed by atoms with Crippen LogP contribution in [0.15, 0.2) is 36.7 Å². The number of likely N-dealkylation sites (N-methyl/N-ethyl adjacent to an activating group) is 1. The topological polar surface area (TPSA) is 79.3 Å². The van der Waals surface area contributed by atoms with Crippen LogP contribution in [0.3, 0.4) is 0 Å². The van der Waals surface area contributed by atoms with Gasteiger partial charge in [0.25, 0.3) is 0 Å². The van der Waals surface area contributed by atoms with E-state index in [1.807, 2.05) is 29.2 Å². The molecule has 7 nitrogen and oxygen atoms in total. The van der Waals surface area contributed by atoms with Gasteiger partial charge in [0, 0.05) is 30.9 Å². The maximum Gasteiger partial charge on any atom is 0.322 e. The van der Waals surface area contributed by atoms with Crippen molar-refractivity contribution < 1.29 is 9.59 Å². The maximum absolute atomic E-state index is 12.7. The molecule has 1 unspecified atom stereocenters. The van der Waals surface area contributed by atoms with Gasteiger partial charge in [-0.15, -0.1) is 0 Å². The molecule has 0 radical (unpaired) electrons. The SMILES string of the molecule is CNC(=O)Cn1cc(NC(=O)N2CCCC2Cc2ccccc2Cl)cn1. The van der Waals surface area contributed by atoms with E-state index in [1.165, 1.54) is 4.68 Å². The molecular weight excluding hydrogens is 354 g/mol. The highest BCUT2D eigenvalue weighted by atomic mass is 35.5. The number of nitrogens with zero attached hydrogens (tertiary/aromatic N) is 3. The average molecular weight is 376 g/mol. The summed E-state index contributed by atoms with van der Waals surface area (Å²) in [5, 5.41) is 10.2. The van der Waals surface area contributed by atoms with Crippen molar-refractivity contribution >= 4 is 29.2 Å². The van der Waals surface area contributed by atoms with E-state index >= 15 is 0 Å². The van der Waals surface area contributed by atoms with Gasteiger partial charge in [-0.1, -0.05) is 29.8 Å². The van der Waals surface area contributed by atoms with Gasteiger partial charge in [0.1, 0.15) is 6.54 Å². The van der Waals surface area contributed by atoms with Crippen LogP contribution in [0.2, 0.25) is 5.02 Å². The lowest BCUT2D eigenvalue weighted by Gasteiger charge is -2.25. The lowest BCUT2D eigenvalue weighted by atomic mass is 10.0. The summed E-state index contributed by atoms with van der Waals surface area (Å²) in [5.74, 6) is -0.148. The molecule has 2 heterocycles. The molecule has 0 bridgehead atoms. The van der Waals surface area contributed by atoms with Crippen molar-refractivity contribution in [2.45, 2.75) is 31.8 Å². The number of amides is 3. The molecule has 0 saturated carbocycles. The van der Waals surface area contributed by atoms with E-state index in [0.29, 0.717) is 12.2 Å². The van der Waals surface area contributed by atoms with E-state index in [4.69, 9.17) is 11.6 Å². The number of carbonyl (C=O) groups is 2. The number of hydrogen-bond donors (Lipinski definition) is 2. The van der Waals surface area contributed by atoms with Crippen LogP contribution in [-0.2, 0) is 17.8 Å². The van der Waals surface area contributed by atoms with Gasteiger partial charge in [-0.05, 0) is 30.9 Å². The predicted octanol–water partition coefficient (Wildman–Crippen LogP) is 2.52. The number of aromatic nitrogens is 2. The lowest BCUT2D eigenvalue weighted by molar-refractivity contribution is -0.121. The predicted molar refractivity (Wildman–Crippen MR) is 100 cm³/mol. The second-order valence-corrected chi connectivity index (χ2v) is 6.72. The van der Waals surface area contributed by atoms with Gasteiger partial charge in [-0.25, -0.2) is 4.79 Å². The Morgan fingerprint density at radius 3 is 2.92 bits per heavy atom. The van der Waals surface area contributed by atoms with E-state index in [-0.39, 0.29) is 24.5 Å². The Morgan fingerprint density at radius 2 is 2.15 bits per heavy atom. The fourth-order valence-electron chi connectivity index (χ4n) is 3.17. The van der Waals surface area contributed by atoms with Crippen LogP contribution < -0.4 is 10.6 Å². The minimum atomic E-state index is -0.154. The molecule has 0 aliphatic carbocycles. The van der Waals surface area contributed by atoms with E-state index in [0.717, 1.165) is 29.8 Å². The Morgan fingerprint density at radius 1 is 1.35 bits per heavy atom. The Bertz CT molecular complexity index is 791. The molecule has 138 valence electrons. The van der Waals surface area contributed by atoms with Crippen molar-refractivity contribution in [2.24, 2.45) is 0 Å². The van der Waals surface area contributed by atoms with Crippen molar-refractivity contribution in [1.82, 2.24) is 20.0 Å². The molecule has 1 aromatic carbocycles. The Hall–Kier alpha value is -2.54. The lowest BCUT2D eigenvalue weighted by Crippen LogP contribution is -2.39. The zero-order chi connectivity index (χ0) is 18.5. The third-order valence-electron chi connectivity index (χ3n) is 4.52. The Labute approximate surface area is 157 Å². The fourth-order valence-corrected chi connectivity index (χ4v) is 3.38. The summed E-state index contributed by atoms with van der Waals surface area (Å²) >= 11 is 6.25. The molecule has 1 saturated heterocycles. The molecule has 1 aliphatic rings. The zero-order valence-electron chi connectivity index (χ0n) is 14.6. The van der Waals surface area contributed by atoms with E-state index in [1.54, 1.807) is 19.4 Å². The minimum Gasteiger partial charge on any atom is -0.358 e. The number of carbonyl (C=O) groups excluding carboxylic acids is 2. The number of urea groups is 1. The van der Waals surface area contributed by atoms with Gasteiger partial charge < -0.3 is 15.5 Å². The molecule has 3 rings (SSSR count). The number of hydrogen-bond acceptors (Lipinski definition) is 3. The van der Waals surface area contributed by atoms with Gasteiger partial charge in [-0.3, -0.25) is 9.48 Å². The molecule has 1 aliphatic heterocycles. The molecular formula is C18H22ClN5O2. The summed E-state index contributed by atoms with van der Waals surface area (Å²) in [5.41, 5.74) is 1.62. The second-order valence-electron chi connectivity index (χ2n) is 6.31. The fraction of sp³-hybridized carbons (Fsp3) is 0.389. The van der Waals surface area contributed by atoms with Crippen LogP contribution in [0.4, 0.5) is 10.5 Å². The summed E-state index contributed by atoms with van der Waals surface area (Å²) in [7, 11) is 1.57. The molecule has 1 atom stereocenters. The highest BCUT2D eigenvalue weighted by Crippen LogP contribution is 2.25. The average Bonchev–Trinajstić information content (AvgIpc) is 3.26. The molecule has 2 aromatic rings. The third kappa shape index (κ3) is 4.35. The summed E-state index contributed by atoms with van der Waals surface area (Å²) in [4.78, 5) is 25.9. The Kier molecular flexibility index (Phi) is 5.78. The number of nitrogens with one attached hydrogen (secondary N) is 2. The molecule has 1 fully saturated rings. The van der Waals surface area contributed by atoms with Gasteiger partial charge in [-0.2, -0.15) is 5.10 Å². The number of rotatable bonds is 5. The van der Waals surface area contributed by atoms with Crippen LogP contribution in [0, 0.1) is 0 Å². The number of likely N-dealkylation sites (tertiary alicyclic amines) is 1. The van der Waals surface area contributed by atoms with Crippen LogP contribution >= 0.6 is 11.6 Å². The first-order chi connectivity index (χ1) is 12.6. The van der Waals surface area contributed by atoms with Gasteiger partial charge in [0.05, 0.1) is 11.9 Å². The highest BCUT2D eigenvalue weighted by molar-refractivity contribution is 6.31. The van der Waals surface area contributed by atoms with E-state index in [9.17, 15) is 9.59 Å². The molecule has 0 spiro atoms. The highest BCUT2D eigenvalue weighted by Gasteiger charge is 2.29. The molecule has 2 N–H and O–H groups in total. The van der Waals surface area contributed by atoms with Crippen molar-refractivity contribution in [1.29, 1.82) is 0 Å². The van der Waals surface area contributed by atoms with Crippen molar-refractivity contribution in [3.05, 3.63) is 47.2 Å². The standard InChI is InChI=1S/C18H22ClN5O2/c1-20-17(25)12-23-11-14(10-21-23)22-18(26)24-8-4-6-15(24)9-13-5-2-3-7-16(13)19/h2-3,5,7,10-11,15H,4,6,8-9,12H2,1H3,(H,20,25)(H,22,26). The van der Waals surface area contributed by atoms with Crippen molar-refractivity contribution in [2.75, 3.05) is 18.9 Å². The van der Waals surface area contributed by atoms with Gasteiger partial charge in [0.15, 0.2) is 0 Å². The van der Waals surface area contributed by atoms with Crippen LogP contribution in [0.5, 0.6) is 0 Å². The largest absolute Gasteiger partial charge is 0.358 e. The van der Waals surface area contributed by atoms with Crippen molar-refractivity contribution in [3.8, 4) is 0 Å². The summed E-state index contributed by atoms with van der Waals surface area (Å²) in [6.07, 6.45) is 5.85. The zero-order valence-corrected chi connectivity index (χ0v) is 15.4. The summed E-state index contributed by atoms with van der Waals surface area (Å²) in [6, 6.07) is 7.70. The molecule has 8 heteroatoms.